The quantitative estimate of drug-likeness (QED) is 0.439. The summed E-state index contributed by atoms with van der Waals surface area (Å²) in [5.74, 6) is 0. The second-order valence-electron chi connectivity index (χ2n) is 0.247. The molecule has 0 heterocycles. The van der Waals surface area contributed by atoms with Crippen molar-refractivity contribution in [1.82, 2.24) is 0 Å². The van der Waals surface area contributed by atoms with E-state index in [4.69, 9.17) is 0 Å². The molecule has 0 unspecified atom stereocenters. The van der Waals surface area contributed by atoms with Gasteiger partial charge in [-0.2, -0.15) is 13.2 Å². The Hall–Kier alpha value is 1.05. The van der Waals surface area contributed by atoms with Gasteiger partial charge >= 0.3 is 6.68 Å². The van der Waals surface area contributed by atoms with Crippen LogP contribution in [0.4, 0.5) is 13.2 Å². The van der Waals surface area contributed by atoms with Crippen LogP contribution in [0, 0.1) is 37.7 Å². The van der Waals surface area contributed by atoms with Crippen molar-refractivity contribution < 1.29 is 50.9 Å². The van der Waals surface area contributed by atoms with E-state index >= 15 is 0 Å². The average molecular weight is 110 g/mol. The predicted octanol–water partition coefficient (Wildman–Crippen LogP) is 1.18. The van der Waals surface area contributed by atoms with E-state index in [1.165, 1.54) is 0 Å². The topological polar surface area (TPSA) is 0 Å². The molecule has 0 radical (unpaired) electrons. The average Bonchev–Trinajstić information content (AvgIpc) is 0.811. The van der Waals surface area contributed by atoms with Gasteiger partial charge in [-0.05, 0) is 0 Å². The van der Waals surface area contributed by atoms with Crippen molar-refractivity contribution in [3.63, 3.8) is 0 Å². The zero-order valence-electron chi connectivity index (χ0n) is 2.06. The van der Waals surface area contributed by atoms with Crippen LogP contribution in [0.25, 0.3) is 0 Å². The van der Waals surface area contributed by atoms with Gasteiger partial charge in [0, 0.05) is 37.7 Å². The van der Waals surface area contributed by atoms with Gasteiger partial charge in [-0.1, -0.05) is 0 Å². The summed E-state index contributed by atoms with van der Waals surface area (Å²) in [5.41, 5.74) is 0. The third kappa shape index (κ3) is 42.6. The van der Waals surface area contributed by atoms with E-state index in [-0.39, 0.29) is 37.7 Å². The number of hydrogen-bond acceptors (Lipinski definition) is 0. The molecule has 0 aromatic rings. The second-order valence-corrected chi connectivity index (χ2v) is 0.247. The maximum Gasteiger partial charge on any atom is 0.379 e. The molecule has 0 spiro atoms. The van der Waals surface area contributed by atoms with E-state index in [1.807, 2.05) is 0 Å². The molecule has 0 aromatic carbocycles. The number of rotatable bonds is 0. The largest absolute Gasteiger partial charge is 0.379 e. The summed E-state index contributed by atoms with van der Waals surface area (Å²) >= 11 is 0. The minimum absolute atomic E-state index is 0. The van der Waals surface area contributed by atoms with Crippen molar-refractivity contribution in [2.75, 3.05) is 0 Å². The van der Waals surface area contributed by atoms with E-state index in [0.29, 0.717) is 0 Å². The zero-order valence-corrected chi connectivity index (χ0v) is 2.77. The summed E-state index contributed by atoms with van der Waals surface area (Å²) in [6, 6.07) is 0. The first-order valence-electron chi connectivity index (χ1n) is 0.655. The number of hydrogen-bond donors (Lipinski definition) is 0. The molecule has 0 aliphatic rings. The van der Waals surface area contributed by atoms with Crippen molar-refractivity contribution in [2.24, 2.45) is 0 Å². The van der Waals surface area contributed by atoms with Crippen molar-refractivity contribution in [1.29, 1.82) is 0 Å². The molecule has 4 heteroatoms. The molecular weight excluding hydrogens is 109 g/mol. The molecule has 5 heavy (non-hydrogen) atoms. The Labute approximate surface area is 57.4 Å². The molecular formula is CHArF3. The Morgan fingerprint density at radius 2 is 1.00 bits per heavy atom. The number of halogens is 3. The Morgan fingerprint density at radius 1 is 1.00 bits per heavy atom. The van der Waals surface area contributed by atoms with Crippen LogP contribution in [0.3, 0.4) is 0 Å². The summed E-state index contributed by atoms with van der Waals surface area (Å²) in [6.45, 7) is -3.67. The Balaban J connectivity index is 0. The normalized spacial score (nSPS) is 7.20. The molecule has 34 valence electrons. The van der Waals surface area contributed by atoms with Crippen LogP contribution in [-0.2, 0) is 0 Å². The SMILES string of the molecule is FC(F)F.[Ar]. The van der Waals surface area contributed by atoms with Crippen LogP contribution in [0.2, 0.25) is 0 Å². The molecule has 0 saturated carbocycles. The first-order chi connectivity index (χ1) is 1.73. The van der Waals surface area contributed by atoms with Crippen LogP contribution < -0.4 is 0 Å². The smallest absolute Gasteiger partial charge is 0.174 e. The molecule has 0 nitrogen and oxygen atoms in total. The number of alkyl halides is 3. The van der Waals surface area contributed by atoms with Crippen molar-refractivity contribution >= 4 is 0 Å². The Kier molecular flexibility index (Phi) is 9.50. The first kappa shape index (κ1) is 9.41. The maximum absolute atomic E-state index is 9.67. The molecule has 0 N–H and O–H groups in total. The first-order valence-corrected chi connectivity index (χ1v) is 0.655. The van der Waals surface area contributed by atoms with E-state index in [9.17, 15) is 13.2 Å². The summed E-state index contributed by atoms with van der Waals surface area (Å²) in [6.07, 6.45) is 0. The van der Waals surface area contributed by atoms with Gasteiger partial charge in [-0.25, -0.2) is 0 Å². The summed E-state index contributed by atoms with van der Waals surface area (Å²) < 4.78 is 29.0. The van der Waals surface area contributed by atoms with Gasteiger partial charge in [0.05, 0.1) is 0 Å². The van der Waals surface area contributed by atoms with Crippen LogP contribution in [0.5, 0.6) is 0 Å². The minimum Gasteiger partial charge on any atom is -0.174 e. The van der Waals surface area contributed by atoms with E-state index in [1.54, 1.807) is 0 Å². The molecule has 0 amide bonds. The molecule has 0 aromatic heterocycles. The summed E-state index contributed by atoms with van der Waals surface area (Å²) in [4.78, 5) is 0. The fourth-order valence-electron chi connectivity index (χ4n) is 0. The van der Waals surface area contributed by atoms with Gasteiger partial charge in [-0.15, -0.1) is 0 Å². The van der Waals surface area contributed by atoms with Gasteiger partial charge in [-0.3, -0.25) is 0 Å². The van der Waals surface area contributed by atoms with Crippen LogP contribution in [0.1, 0.15) is 0 Å². The fraction of sp³-hybridized carbons (Fsp3) is 1.00. The molecule has 0 aliphatic carbocycles. The Morgan fingerprint density at radius 3 is 1.00 bits per heavy atom. The predicted molar refractivity (Wildman–Crippen MR) is 7.11 cm³/mol. The van der Waals surface area contributed by atoms with Gasteiger partial charge < -0.3 is 0 Å². The van der Waals surface area contributed by atoms with Crippen molar-refractivity contribution in [3.05, 3.63) is 0 Å². The van der Waals surface area contributed by atoms with Crippen molar-refractivity contribution in [2.45, 2.75) is 6.68 Å². The van der Waals surface area contributed by atoms with Gasteiger partial charge in [0.15, 0.2) is 0 Å². The van der Waals surface area contributed by atoms with Gasteiger partial charge in [0.25, 0.3) is 0 Å². The van der Waals surface area contributed by atoms with Crippen LogP contribution >= 0.6 is 0 Å². The van der Waals surface area contributed by atoms with Crippen molar-refractivity contribution in [3.8, 4) is 0 Å². The molecule has 0 fully saturated rings. The zero-order chi connectivity index (χ0) is 3.58. The monoisotopic (exact) mass is 110 g/mol. The summed E-state index contributed by atoms with van der Waals surface area (Å²) in [5, 5.41) is 0. The van der Waals surface area contributed by atoms with E-state index in [2.05, 4.69) is 0 Å². The Bertz CT molecular complexity index is 11.6. The van der Waals surface area contributed by atoms with Gasteiger partial charge in [0.2, 0.25) is 0 Å². The molecule has 0 bridgehead atoms. The fourth-order valence-corrected chi connectivity index (χ4v) is 0. The van der Waals surface area contributed by atoms with Gasteiger partial charge in [0.1, 0.15) is 0 Å². The van der Waals surface area contributed by atoms with Crippen LogP contribution in [-0.4, -0.2) is 6.68 Å². The van der Waals surface area contributed by atoms with E-state index in [0.717, 1.165) is 0 Å². The van der Waals surface area contributed by atoms with Crippen LogP contribution in [0.15, 0.2) is 0 Å². The maximum atomic E-state index is 9.67. The standard InChI is InChI=1S/CHF3.Ar/c2-1(3)4;/h1H;. The molecule has 0 rings (SSSR count). The molecule has 0 aliphatic heterocycles. The third-order valence-corrected chi connectivity index (χ3v) is 0. The molecule has 0 atom stereocenters. The summed E-state index contributed by atoms with van der Waals surface area (Å²) in [7, 11) is 0. The minimum atomic E-state index is -3.67. The third-order valence-electron chi connectivity index (χ3n) is 0. The van der Waals surface area contributed by atoms with E-state index < -0.39 is 6.68 Å². The molecule has 0 saturated heterocycles. The second kappa shape index (κ2) is 5.05.